The van der Waals surface area contributed by atoms with Crippen LogP contribution in [0.15, 0.2) is 39.7 Å². The van der Waals surface area contributed by atoms with Crippen LogP contribution in [0.25, 0.3) is 0 Å². The van der Waals surface area contributed by atoms with Gasteiger partial charge in [0.25, 0.3) is 0 Å². The van der Waals surface area contributed by atoms with E-state index in [1.165, 1.54) is 16.7 Å². The molecule has 0 aliphatic heterocycles. The zero-order valence-corrected chi connectivity index (χ0v) is 14.7. The maximum absolute atomic E-state index is 12.5. The van der Waals surface area contributed by atoms with Gasteiger partial charge in [-0.3, -0.25) is 0 Å². The minimum Gasteiger partial charge on any atom is -0.248 e. The summed E-state index contributed by atoms with van der Waals surface area (Å²) in [7, 11) is -1.73. The molecule has 122 valence electrons. The Morgan fingerprint density at radius 1 is 0.909 bits per heavy atom. The molecule has 7 heteroatoms. The summed E-state index contributed by atoms with van der Waals surface area (Å²) in [6.45, 7) is 13.7. The fourth-order valence-corrected chi connectivity index (χ4v) is 5.21. The number of aromatic nitrogens is 3. The van der Waals surface area contributed by atoms with Crippen molar-refractivity contribution in [2.24, 2.45) is 0 Å². The molecule has 0 amide bonds. The molecule has 6 nitrogen and oxygen atoms in total. The SMILES string of the molecule is C=CCn1c(=O)n(CC=C)c(=O)n(C[Si](C)(C)CCC)c1=O. The van der Waals surface area contributed by atoms with E-state index in [2.05, 4.69) is 33.2 Å². The van der Waals surface area contributed by atoms with Gasteiger partial charge in [0.2, 0.25) is 0 Å². The van der Waals surface area contributed by atoms with E-state index >= 15 is 0 Å². The van der Waals surface area contributed by atoms with Crippen LogP contribution in [0, 0.1) is 0 Å². The molecule has 0 saturated heterocycles. The van der Waals surface area contributed by atoms with Crippen LogP contribution < -0.4 is 17.1 Å². The molecular formula is C15H25N3O3Si. The lowest BCUT2D eigenvalue weighted by Gasteiger charge is -2.23. The van der Waals surface area contributed by atoms with Crippen molar-refractivity contribution in [1.82, 2.24) is 13.7 Å². The number of hydrogen-bond donors (Lipinski definition) is 0. The van der Waals surface area contributed by atoms with E-state index in [4.69, 9.17) is 0 Å². The van der Waals surface area contributed by atoms with E-state index < -0.39 is 25.1 Å². The van der Waals surface area contributed by atoms with Gasteiger partial charge in [-0.15, -0.1) is 13.2 Å². The van der Waals surface area contributed by atoms with Crippen molar-refractivity contribution in [3.8, 4) is 0 Å². The van der Waals surface area contributed by atoms with Crippen LogP contribution in [0.2, 0.25) is 19.1 Å². The zero-order valence-electron chi connectivity index (χ0n) is 13.7. The van der Waals surface area contributed by atoms with Crippen molar-refractivity contribution < 1.29 is 0 Å². The molecule has 0 atom stereocenters. The van der Waals surface area contributed by atoms with Gasteiger partial charge in [0, 0.05) is 6.17 Å². The molecule has 0 unspecified atom stereocenters. The van der Waals surface area contributed by atoms with Crippen molar-refractivity contribution in [3.63, 3.8) is 0 Å². The molecular weight excluding hydrogens is 298 g/mol. The van der Waals surface area contributed by atoms with Gasteiger partial charge in [-0.1, -0.05) is 44.6 Å². The van der Waals surface area contributed by atoms with Gasteiger partial charge in [0.05, 0.1) is 21.2 Å². The van der Waals surface area contributed by atoms with Crippen molar-refractivity contribution in [2.45, 2.75) is 51.7 Å². The van der Waals surface area contributed by atoms with E-state index in [1.807, 2.05) is 0 Å². The summed E-state index contributed by atoms with van der Waals surface area (Å²) < 4.78 is 3.30. The first-order valence-corrected chi connectivity index (χ1v) is 10.9. The Morgan fingerprint density at radius 3 is 1.68 bits per heavy atom. The second kappa shape index (κ2) is 7.39. The Kier molecular flexibility index (Phi) is 6.10. The fraction of sp³-hybridized carbons (Fsp3) is 0.533. The van der Waals surface area contributed by atoms with Crippen molar-refractivity contribution in [2.75, 3.05) is 0 Å². The van der Waals surface area contributed by atoms with E-state index in [1.54, 1.807) is 0 Å². The molecule has 1 rings (SSSR count). The van der Waals surface area contributed by atoms with E-state index in [9.17, 15) is 14.4 Å². The van der Waals surface area contributed by atoms with E-state index in [0.29, 0.717) is 6.17 Å². The molecule has 0 spiro atoms. The van der Waals surface area contributed by atoms with Crippen LogP contribution >= 0.6 is 0 Å². The van der Waals surface area contributed by atoms with Crippen molar-refractivity contribution >= 4 is 8.07 Å². The van der Waals surface area contributed by atoms with Crippen molar-refractivity contribution in [1.29, 1.82) is 0 Å². The molecule has 0 aromatic carbocycles. The van der Waals surface area contributed by atoms with Crippen LogP contribution in [-0.4, -0.2) is 21.8 Å². The third-order valence-electron chi connectivity index (χ3n) is 3.52. The topological polar surface area (TPSA) is 66.0 Å². The summed E-state index contributed by atoms with van der Waals surface area (Å²) in [5, 5.41) is 0. The van der Waals surface area contributed by atoms with Crippen LogP contribution in [0.3, 0.4) is 0 Å². The van der Waals surface area contributed by atoms with Crippen LogP contribution in [-0.2, 0) is 19.3 Å². The molecule has 0 bridgehead atoms. The number of nitrogens with zero attached hydrogens (tertiary/aromatic N) is 3. The molecule has 0 fully saturated rings. The normalized spacial score (nSPS) is 11.4. The molecule has 0 N–H and O–H groups in total. The summed E-state index contributed by atoms with van der Waals surface area (Å²) in [6.07, 6.45) is 4.38. The van der Waals surface area contributed by atoms with Gasteiger partial charge < -0.3 is 0 Å². The minimum atomic E-state index is -1.73. The minimum absolute atomic E-state index is 0.0881. The summed E-state index contributed by atoms with van der Waals surface area (Å²) in [5.41, 5.74) is -1.71. The third kappa shape index (κ3) is 3.85. The molecule has 1 heterocycles. The lowest BCUT2D eigenvalue weighted by molar-refractivity contribution is 0.506. The second-order valence-corrected chi connectivity index (χ2v) is 11.3. The zero-order chi connectivity index (χ0) is 16.9. The Bertz CT molecular complexity index is 677. The molecule has 1 aromatic heterocycles. The molecule has 1 aromatic rings. The number of allylic oxidation sites excluding steroid dienone is 2. The molecule has 22 heavy (non-hydrogen) atoms. The lowest BCUT2D eigenvalue weighted by Crippen LogP contribution is -2.56. The third-order valence-corrected chi connectivity index (χ3v) is 6.55. The Labute approximate surface area is 131 Å². The lowest BCUT2D eigenvalue weighted by atomic mass is 10.5. The Hall–Kier alpha value is -1.89. The second-order valence-electron chi connectivity index (χ2n) is 6.15. The molecule has 0 radical (unpaired) electrons. The highest BCUT2D eigenvalue weighted by Crippen LogP contribution is 2.12. The van der Waals surface area contributed by atoms with E-state index in [0.717, 1.165) is 21.6 Å². The van der Waals surface area contributed by atoms with Gasteiger partial charge >= 0.3 is 17.1 Å². The predicted octanol–water partition coefficient (Wildman–Crippen LogP) is 1.20. The fourth-order valence-electron chi connectivity index (χ4n) is 2.57. The largest absolute Gasteiger partial charge is 0.336 e. The van der Waals surface area contributed by atoms with Crippen LogP contribution in [0.5, 0.6) is 0 Å². The molecule has 0 aliphatic rings. The average Bonchev–Trinajstić information content (AvgIpc) is 2.44. The maximum atomic E-state index is 12.5. The highest BCUT2D eigenvalue weighted by atomic mass is 28.3. The Morgan fingerprint density at radius 2 is 1.32 bits per heavy atom. The summed E-state index contributed by atoms with van der Waals surface area (Å²) in [6, 6.07) is 1.01. The predicted molar refractivity (Wildman–Crippen MR) is 92.2 cm³/mol. The average molecular weight is 323 g/mol. The maximum Gasteiger partial charge on any atom is 0.336 e. The standard InChI is InChI=1S/C15H25N3O3Si/c1-6-9-16-13(19)17(10-7-2)15(21)18(14(16)20)12-22(4,5)11-8-3/h6-7H,1-2,8-12H2,3-5H3. The summed E-state index contributed by atoms with van der Waals surface area (Å²) in [5.74, 6) is 0. The summed E-state index contributed by atoms with van der Waals surface area (Å²) in [4.78, 5) is 37.3. The van der Waals surface area contributed by atoms with Gasteiger partial charge in [0.1, 0.15) is 0 Å². The first-order chi connectivity index (χ1) is 10.3. The highest BCUT2D eigenvalue weighted by Gasteiger charge is 2.24. The Balaban J connectivity index is 3.59. The van der Waals surface area contributed by atoms with Crippen LogP contribution in [0.1, 0.15) is 13.3 Å². The first kappa shape index (κ1) is 18.2. The molecule has 0 saturated carbocycles. The van der Waals surface area contributed by atoms with Gasteiger partial charge in [-0.05, 0) is 0 Å². The first-order valence-electron chi connectivity index (χ1n) is 7.45. The monoisotopic (exact) mass is 323 g/mol. The van der Waals surface area contributed by atoms with Crippen molar-refractivity contribution in [3.05, 3.63) is 56.8 Å². The number of rotatable bonds is 8. The van der Waals surface area contributed by atoms with E-state index in [-0.39, 0.29) is 13.1 Å². The van der Waals surface area contributed by atoms with Gasteiger partial charge in [-0.2, -0.15) is 0 Å². The number of hydrogen-bond acceptors (Lipinski definition) is 3. The smallest absolute Gasteiger partial charge is 0.248 e. The summed E-state index contributed by atoms with van der Waals surface area (Å²) >= 11 is 0. The highest BCUT2D eigenvalue weighted by molar-refractivity contribution is 6.76. The van der Waals surface area contributed by atoms with Gasteiger partial charge in [0.15, 0.2) is 0 Å². The quantitative estimate of drug-likeness (QED) is 0.533. The van der Waals surface area contributed by atoms with Crippen LogP contribution in [0.4, 0.5) is 0 Å². The van der Waals surface area contributed by atoms with Gasteiger partial charge in [-0.25, -0.2) is 28.1 Å². The molecule has 0 aliphatic carbocycles.